The molecule has 0 saturated heterocycles. The van der Waals surface area contributed by atoms with Crippen LogP contribution in [0.3, 0.4) is 0 Å². The lowest BCUT2D eigenvalue weighted by molar-refractivity contribution is -0.140. The summed E-state index contributed by atoms with van der Waals surface area (Å²) in [6.45, 7) is 4.66. The largest absolute Gasteiger partial charge is 0.465 e. The van der Waals surface area contributed by atoms with Crippen molar-refractivity contribution in [2.75, 3.05) is 18.1 Å². The molecule has 0 amide bonds. The average Bonchev–Trinajstić information content (AvgIpc) is 2.75. The molecule has 1 heterocycles. The SMILES string of the molecule is CCCCOC(=O)CSc1nnc(SCC)s1. The van der Waals surface area contributed by atoms with E-state index in [2.05, 4.69) is 24.0 Å². The summed E-state index contributed by atoms with van der Waals surface area (Å²) in [4.78, 5) is 11.3. The predicted octanol–water partition coefficient (Wildman–Crippen LogP) is 3.09. The molecule has 0 bridgehead atoms. The molecule has 0 aliphatic rings. The lowest BCUT2D eigenvalue weighted by Crippen LogP contribution is -2.08. The highest BCUT2D eigenvalue weighted by atomic mass is 32.2. The van der Waals surface area contributed by atoms with Crippen molar-refractivity contribution < 1.29 is 9.53 Å². The van der Waals surface area contributed by atoms with Crippen LogP contribution in [-0.4, -0.2) is 34.3 Å². The van der Waals surface area contributed by atoms with Crippen molar-refractivity contribution >= 4 is 40.8 Å². The highest BCUT2D eigenvalue weighted by molar-refractivity contribution is 8.03. The molecule has 17 heavy (non-hydrogen) atoms. The van der Waals surface area contributed by atoms with E-state index in [0.717, 1.165) is 27.3 Å². The van der Waals surface area contributed by atoms with Crippen LogP contribution in [0, 0.1) is 0 Å². The van der Waals surface area contributed by atoms with E-state index in [4.69, 9.17) is 4.74 Å². The maximum absolute atomic E-state index is 11.3. The highest BCUT2D eigenvalue weighted by Gasteiger charge is 2.08. The summed E-state index contributed by atoms with van der Waals surface area (Å²) in [5.41, 5.74) is 0. The van der Waals surface area contributed by atoms with Crippen LogP contribution in [-0.2, 0) is 9.53 Å². The Hall–Kier alpha value is -0.270. The zero-order chi connectivity index (χ0) is 12.5. The third kappa shape index (κ3) is 6.28. The van der Waals surface area contributed by atoms with E-state index in [9.17, 15) is 4.79 Å². The van der Waals surface area contributed by atoms with Gasteiger partial charge in [-0.3, -0.25) is 4.79 Å². The number of unbranched alkanes of at least 4 members (excludes halogenated alkanes) is 1. The van der Waals surface area contributed by atoms with E-state index >= 15 is 0 Å². The van der Waals surface area contributed by atoms with Crippen LogP contribution in [0.15, 0.2) is 8.68 Å². The van der Waals surface area contributed by atoms with Gasteiger partial charge in [0.15, 0.2) is 8.68 Å². The van der Waals surface area contributed by atoms with E-state index in [1.165, 1.54) is 23.1 Å². The van der Waals surface area contributed by atoms with Crippen molar-refractivity contribution in [2.45, 2.75) is 35.4 Å². The van der Waals surface area contributed by atoms with Crippen molar-refractivity contribution in [3.63, 3.8) is 0 Å². The molecule has 4 nitrogen and oxygen atoms in total. The first-order chi connectivity index (χ1) is 8.26. The van der Waals surface area contributed by atoms with Crippen LogP contribution >= 0.6 is 34.9 Å². The summed E-state index contributed by atoms with van der Waals surface area (Å²) in [5, 5.41) is 8.02. The Kier molecular flexibility index (Phi) is 7.63. The van der Waals surface area contributed by atoms with Crippen LogP contribution in [0.25, 0.3) is 0 Å². The van der Waals surface area contributed by atoms with Gasteiger partial charge in [0, 0.05) is 0 Å². The summed E-state index contributed by atoms with van der Waals surface area (Å²) in [6, 6.07) is 0. The van der Waals surface area contributed by atoms with Gasteiger partial charge >= 0.3 is 5.97 Å². The number of carbonyl (C=O) groups excluding carboxylic acids is 1. The van der Waals surface area contributed by atoms with Gasteiger partial charge in [-0.15, -0.1) is 10.2 Å². The number of thioether (sulfide) groups is 2. The third-order valence-electron chi connectivity index (χ3n) is 1.73. The number of nitrogens with zero attached hydrogens (tertiary/aromatic N) is 2. The van der Waals surface area contributed by atoms with Gasteiger partial charge in [-0.05, 0) is 12.2 Å². The number of carbonyl (C=O) groups is 1. The molecule has 0 unspecified atom stereocenters. The van der Waals surface area contributed by atoms with E-state index in [1.54, 1.807) is 11.8 Å². The second-order valence-corrected chi connectivity index (χ2v) is 6.84. The van der Waals surface area contributed by atoms with Crippen LogP contribution in [0.1, 0.15) is 26.7 Å². The lowest BCUT2D eigenvalue weighted by atomic mass is 10.4. The second kappa shape index (κ2) is 8.77. The maximum Gasteiger partial charge on any atom is 0.316 e. The smallest absolute Gasteiger partial charge is 0.316 e. The molecule has 0 aliphatic carbocycles. The monoisotopic (exact) mass is 292 g/mol. The van der Waals surface area contributed by atoms with Crippen LogP contribution in [0.4, 0.5) is 0 Å². The summed E-state index contributed by atoms with van der Waals surface area (Å²) >= 11 is 4.58. The molecular weight excluding hydrogens is 276 g/mol. The Balaban J connectivity index is 2.22. The Labute approximate surface area is 114 Å². The van der Waals surface area contributed by atoms with Crippen molar-refractivity contribution in [3.8, 4) is 0 Å². The zero-order valence-electron chi connectivity index (χ0n) is 9.97. The third-order valence-corrected chi connectivity index (χ3v) is 4.78. The van der Waals surface area contributed by atoms with Gasteiger partial charge in [-0.1, -0.05) is 55.1 Å². The summed E-state index contributed by atoms with van der Waals surface area (Å²) < 4.78 is 6.83. The molecule has 0 fully saturated rings. The first-order valence-corrected chi connectivity index (χ1v) is 8.29. The lowest BCUT2D eigenvalue weighted by Gasteiger charge is -2.01. The highest BCUT2D eigenvalue weighted by Crippen LogP contribution is 2.28. The van der Waals surface area contributed by atoms with Crippen molar-refractivity contribution in [3.05, 3.63) is 0 Å². The number of ether oxygens (including phenoxy) is 1. The van der Waals surface area contributed by atoms with E-state index < -0.39 is 0 Å². The van der Waals surface area contributed by atoms with Gasteiger partial charge in [-0.2, -0.15) is 0 Å². The molecule has 96 valence electrons. The van der Waals surface area contributed by atoms with Crippen LogP contribution in [0.2, 0.25) is 0 Å². The number of esters is 1. The summed E-state index contributed by atoms with van der Waals surface area (Å²) in [6.07, 6.45) is 1.96. The van der Waals surface area contributed by atoms with Gasteiger partial charge in [0.25, 0.3) is 0 Å². The van der Waals surface area contributed by atoms with Crippen LogP contribution < -0.4 is 0 Å². The fourth-order valence-corrected chi connectivity index (χ4v) is 3.64. The minimum atomic E-state index is -0.177. The predicted molar refractivity (Wildman–Crippen MR) is 72.9 cm³/mol. The minimum Gasteiger partial charge on any atom is -0.465 e. The quantitative estimate of drug-likeness (QED) is 0.417. The van der Waals surface area contributed by atoms with Gasteiger partial charge in [0.05, 0.1) is 12.4 Å². The van der Waals surface area contributed by atoms with E-state index in [-0.39, 0.29) is 5.97 Å². The molecule has 0 radical (unpaired) electrons. The van der Waals surface area contributed by atoms with Gasteiger partial charge in [-0.25, -0.2) is 0 Å². The minimum absolute atomic E-state index is 0.177. The average molecular weight is 292 g/mol. The molecule has 1 aromatic rings. The Morgan fingerprint density at radius 2 is 2.00 bits per heavy atom. The first-order valence-electron chi connectivity index (χ1n) is 5.51. The molecule has 1 aromatic heterocycles. The maximum atomic E-state index is 11.3. The number of rotatable bonds is 8. The van der Waals surface area contributed by atoms with Gasteiger partial charge in [0.1, 0.15) is 0 Å². The van der Waals surface area contributed by atoms with Crippen molar-refractivity contribution in [1.82, 2.24) is 10.2 Å². The second-order valence-electron chi connectivity index (χ2n) is 3.13. The summed E-state index contributed by atoms with van der Waals surface area (Å²) in [5.74, 6) is 1.12. The Morgan fingerprint density at radius 3 is 2.65 bits per heavy atom. The molecule has 1 rings (SSSR count). The topological polar surface area (TPSA) is 52.1 Å². The van der Waals surface area contributed by atoms with E-state index in [0.29, 0.717) is 12.4 Å². The fraction of sp³-hybridized carbons (Fsp3) is 0.700. The molecule has 0 atom stereocenters. The molecule has 0 aromatic carbocycles. The Morgan fingerprint density at radius 1 is 1.29 bits per heavy atom. The van der Waals surface area contributed by atoms with Crippen molar-refractivity contribution in [2.24, 2.45) is 0 Å². The van der Waals surface area contributed by atoms with Crippen molar-refractivity contribution in [1.29, 1.82) is 0 Å². The van der Waals surface area contributed by atoms with Gasteiger partial charge < -0.3 is 4.74 Å². The molecule has 0 spiro atoms. The molecular formula is C10H16N2O2S3. The number of hydrogen-bond acceptors (Lipinski definition) is 7. The summed E-state index contributed by atoms with van der Waals surface area (Å²) in [7, 11) is 0. The molecule has 0 saturated carbocycles. The normalized spacial score (nSPS) is 10.5. The van der Waals surface area contributed by atoms with Gasteiger partial charge in [0.2, 0.25) is 0 Å². The standard InChI is InChI=1S/C10H16N2O2S3/c1-3-5-6-14-8(13)7-16-10-12-11-9(17-10)15-4-2/h3-7H2,1-2H3. The Bertz CT molecular complexity index is 344. The fourth-order valence-electron chi connectivity index (χ4n) is 0.930. The number of hydrogen-bond donors (Lipinski definition) is 0. The molecule has 7 heteroatoms. The molecule has 0 aliphatic heterocycles. The molecule has 0 N–H and O–H groups in total. The van der Waals surface area contributed by atoms with E-state index in [1.807, 2.05) is 0 Å². The van der Waals surface area contributed by atoms with Crippen LogP contribution in [0.5, 0.6) is 0 Å². The zero-order valence-corrected chi connectivity index (χ0v) is 12.4. The first kappa shape index (κ1) is 14.8. The number of aromatic nitrogens is 2.